The van der Waals surface area contributed by atoms with E-state index in [9.17, 15) is 5.26 Å². The Kier molecular flexibility index (Phi) is 4.90. The van der Waals surface area contributed by atoms with Crippen LogP contribution in [0, 0.1) is 18.3 Å². The number of pyridine rings is 1. The predicted molar refractivity (Wildman–Crippen MR) is 112 cm³/mol. The minimum Gasteiger partial charge on any atom is -0.323 e. The van der Waals surface area contributed by atoms with E-state index < -0.39 is 0 Å². The number of fused-ring (bicyclic) bond motifs is 1. The van der Waals surface area contributed by atoms with Crippen LogP contribution in [0.2, 0.25) is 0 Å². The first-order valence-electron chi connectivity index (χ1n) is 9.60. The summed E-state index contributed by atoms with van der Waals surface area (Å²) in [6.07, 6.45) is 3.92. The average Bonchev–Trinajstić information content (AvgIpc) is 3.07. The van der Waals surface area contributed by atoms with E-state index in [0.29, 0.717) is 5.56 Å². The Morgan fingerprint density at radius 1 is 1.04 bits per heavy atom. The quantitative estimate of drug-likeness (QED) is 0.483. The van der Waals surface area contributed by atoms with Crippen LogP contribution in [0.15, 0.2) is 60.8 Å². The second kappa shape index (κ2) is 7.66. The second-order valence-electron chi connectivity index (χ2n) is 7.02. The highest BCUT2D eigenvalue weighted by molar-refractivity contribution is 5.79. The lowest BCUT2D eigenvalue weighted by Crippen LogP contribution is -2.05. The van der Waals surface area contributed by atoms with Crippen LogP contribution in [-0.2, 0) is 13.0 Å². The van der Waals surface area contributed by atoms with Crippen LogP contribution in [0.3, 0.4) is 0 Å². The molecule has 0 saturated carbocycles. The number of hydrogen-bond donors (Lipinski definition) is 0. The summed E-state index contributed by atoms with van der Waals surface area (Å²) in [6.45, 7) is 5.03. The number of aryl methyl sites for hydroxylation is 2. The van der Waals surface area contributed by atoms with Crippen LogP contribution < -0.4 is 0 Å². The average molecular weight is 366 g/mol. The van der Waals surface area contributed by atoms with Crippen molar-refractivity contribution in [1.29, 1.82) is 5.26 Å². The first-order valence-corrected chi connectivity index (χ1v) is 9.60. The molecule has 0 radical (unpaired) electrons. The van der Waals surface area contributed by atoms with Gasteiger partial charge in [-0.3, -0.25) is 4.98 Å². The van der Waals surface area contributed by atoms with Crippen LogP contribution in [0.4, 0.5) is 0 Å². The first-order chi connectivity index (χ1) is 13.7. The zero-order valence-corrected chi connectivity index (χ0v) is 16.2. The third-order valence-corrected chi connectivity index (χ3v) is 5.02. The molecule has 0 aliphatic carbocycles. The van der Waals surface area contributed by atoms with Gasteiger partial charge in [-0.05, 0) is 42.7 Å². The molecule has 0 fully saturated rings. The maximum Gasteiger partial charge on any atom is 0.110 e. The molecule has 4 heteroatoms. The van der Waals surface area contributed by atoms with Gasteiger partial charge in [0.05, 0.1) is 34.9 Å². The van der Waals surface area contributed by atoms with Gasteiger partial charge in [0, 0.05) is 18.2 Å². The van der Waals surface area contributed by atoms with E-state index in [4.69, 9.17) is 4.98 Å². The Balaban J connectivity index is 1.70. The molecule has 4 aromatic rings. The van der Waals surface area contributed by atoms with Crippen LogP contribution in [0.1, 0.15) is 35.9 Å². The van der Waals surface area contributed by atoms with E-state index in [0.717, 1.165) is 47.5 Å². The fourth-order valence-electron chi connectivity index (χ4n) is 3.59. The fourth-order valence-corrected chi connectivity index (χ4v) is 3.59. The maximum atomic E-state index is 9.32. The van der Waals surface area contributed by atoms with Crippen molar-refractivity contribution in [3.8, 4) is 17.3 Å². The first kappa shape index (κ1) is 17.9. The summed E-state index contributed by atoms with van der Waals surface area (Å²) >= 11 is 0. The zero-order valence-electron chi connectivity index (χ0n) is 16.2. The molecule has 138 valence electrons. The third kappa shape index (κ3) is 3.27. The lowest BCUT2D eigenvalue weighted by molar-refractivity contribution is 0.720. The molecule has 4 nitrogen and oxygen atoms in total. The summed E-state index contributed by atoms with van der Waals surface area (Å²) in [5.41, 5.74) is 6.91. The van der Waals surface area contributed by atoms with Crippen molar-refractivity contribution in [3.05, 3.63) is 83.3 Å². The smallest absolute Gasteiger partial charge is 0.110 e. The molecule has 2 aromatic heterocycles. The number of aromatic nitrogens is 3. The molecule has 0 unspecified atom stereocenters. The van der Waals surface area contributed by atoms with Crippen LogP contribution >= 0.6 is 0 Å². The van der Waals surface area contributed by atoms with E-state index in [1.807, 2.05) is 36.5 Å². The highest BCUT2D eigenvalue weighted by atomic mass is 15.1. The molecule has 0 atom stereocenters. The van der Waals surface area contributed by atoms with E-state index in [-0.39, 0.29) is 0 Å². The number of imidazole rings is 1. The van der Waals surface area contributed by atoms with Crippen molar-refractivity contribution in [3.63, 3.8) is 0 Å². The van der Waals surface area contributed by atoms with Gasteiger partial charge < -0.3 is 4.57 Å². The van der Waals surface area contributed by atoms with E-state index in [1.165, 1.54) is 11.1 Å². The molecule has 2 aromatic carbocycles. The lowest BCUT2D eigenvalue weighted by atomic mass is 10.0. The topological polar surface area (TPSA) is 54.5 Å². The Morgan fingerprint density at radius 2 is 1.89 bits per heavy atom. The summed E-state index contributed by atoms with van der Waals surface area (Å²) in [7, 11) is 0. The Hall–Kier alpha value is -3.45. The highest BCUT2D eigenvalue weighted by Crippen LogP contribution is 2.24. The minimum atomic E-state index is 0.643. The number of rotatable bonds is 5. The standard InChI is InChI=1S/C24H22N4/c1-3-7-23-27-24-17(2)8-6-11-22(24)28(23)16-18-12-13-21(26-15-18)20-10-5-4-9-19(20)14-25/h4-6,8-13,15H,3,7,16H2,1-2H3. The van der Waals surface area contributed by atoms with E-state index >= 15 is 0 Å². The van der Waals surface area contributed by atoms with Crippen molar-refractivity contribution in [2.75, 3.05) is 0 Å². The predicted octanol–water partition coefficient (Wildman–Crippen LogP) is 5.28. The van der Waals surface area contributed by atoms with Gasteiger partial charge in [0.2, 0.25) is 0 Å². The molecule has 0 N–H and O–H groups in total. The molecule has 2 heterocycles. The minimum absolute atomic E-state index is 0.643. The van der Waals surface area contributed by atoms with Gasteiger partial charge in [0.1, 0.15) is 5.82 Å². The number of benzene rings is 2. The van der Waals surface area contributed by atoms with Crippen LogP contribution in [-0.4, -0.2) is 14.5 Å². The Morgan fingerprint density at radius 3 is 2.64 bits per heavy atom. The summed E-state index contributed by atoms with van der Waals surface area (Å²) < 4.78 is 2.30. The lowest BCUT2D eigenvalue weighted by Gasteiger charge is -2.10. The summed E-state index contributed by atoms with van der Waals surface area (Å²) in [5, 5.41) is 9.32. The van der Waals surface area contributed by atoms with Gasteiger partial charge in [0.25, 0.3) is 0 Å². The molecule has 0 saturated heterocycles. The van der Waals surface area contributed by atoms with Crippen molar-refractivity contribution in [2.45, 2.75) is 33.2 Å². The second-order valence-corrected chi connectivity index (χ2v) is 7.02. The van der Waals surface area contributed by atoms with Crippen molar-refractivity contribution < 1.29 is 0 Å². The zero-order chi connectivity index (χ0) is 19.5. The maximum absolute atomic E-state index is 9.32. The molecule has 0 bridgehead atoms. The normalized spacial score (nSPS) is 10.9. The molecule has 0 aliphatic rings. The van der Waals surface area contributed by atoms with E-state index in [2.05, 4.69) is 53.7 Å². The monoisotopic (exact) mass is 366 g/mol. The molecule has 0 spiro atoms. The summed E-state index contributed by atoms with van der Waals surface area (Å²) in [6, 6.07) is 20.2. The number of nitriles is 1. The molecule has 0 aliphatic heterocycles. The van der Waals surface area contributed by atoms with Gasteiger partial charge >= 0.3 is 0 Å². The van der Waals surface area contributed by atoms with E-state index in [1.54, 1.807) is 0 Å². The molecule has 4 rings (SSSR count). The van der Waals surface area contributed by atoms with Gasteiger partial charge in [0.15, 0.2) is 0 Å². The van der Waals surface area contributed by atoms with Crippen molar-refractivity contribution >= 4 is 11.0 Å². The number of para-hydroxylation sites is 1. The largest absolute Gasteiger partial charge is 0.323 e. The molecule has 28 heavy (non-hydrogen) atoms. The van der Waals surface area contributed by atoms with Gasteiger partial charge in [-0.15, -0.1) is 0 Å². The third-order valence-electron chi connectivity index (χ3n) is 5.02. The van der Waals surface area contributed by atoms with Gasteiger partial charge in [-0.25, -0.2) is 4.98 Å². The van der Waals surface area contributed by atoms with Gasteiger partial charge in [-0.1, -0.05) is 43.3 Å². The van der Waals surface area contributed by atoms with Crippen molar-refractivity contribution in [1.82, 2.24) is 14.5 Å². The number of nitrogens with zero attached hydrogens (tertiary/aromatic N) is 4. The van der Waals surface area contributed by atoms with Crippen LogP contribution in [0.25, 0.3) is 22.3 Å². The molecule has 0 amide bonds. The Labute approximate surface area is 165 Å². The summed E-state index contributed by atoms with van der Waals surface area (Å²) in [4.78, 5) is 9.52. The van der Waals surface area contributed by atoms with Crippen molar-refractivity contribution in [2.24, 2.45) is 0 Å². The SMILES string of the molecule is CCCc1nc2c(C)cccc2n1Cc1ccc(-c2ccccc2C#N)nc1. The van der Waals surface area contributed by atoms with Crippen LogP contribution in [0.5, 0.6) is 0 Å². The van der Waals surface area contributed by atoms with Gasteiger partial charge in [-0.2, -0.15) is 5.26 Å². The summed E-state index contributed by atoms with van der Waals surface area (Å²) in [5.74, 6) is 1.12. The number of hydrogen-bond acceptors (Lipinski definition) is 3. The highest BCUT2D eigenvalue weighted by Gasteiger charge is 2.12. The molecular weight excluding hydrogens is 344 g/mol. The Bertz CT molecular complexity index is 1160. The fraction of sp³-hybridized carbons (Fsp3) is 0.208. The molecular formula is C24H22N4.